The molecule has 0 heterocycles. The molecule has 1 N–H and O–H groups in total. The summed E-state index contributed by atoms with van der Waals surface area (Å²) in [5.41, 5.74) is 2.81. The number of nitrogens with zero attached hydrogens (tertiary/aromatic N) is 2. The lowest BCUT2D eigenvalue weighted by atomic mass is 10.1. The monoisotopic (exact) mass is 577 g/mol. The highest BCUT2D eigenvalue weighted by Gasteiger charge is 2.33. The maximum absolute atomic E-state index is 14.1. The predicted octanol–water partition coefficient (Wildman–Crippen LogP) is 4.98. The predicted molar refractivity (Wildman–Crippen MR) is 160 cm³/mol. The van der Waals surface area contributed by atoms with Gasteiger partial charge in [-0.3, -0.25) is 13.9 Å². The van der Waals surface area contributed by atoms with E-state index in [2.05, 4.69) is 5.32 Å². The van der Waals surface area contributed by atoms with Gasteiger partial charge in [0.15, 0.2) is 0 Å². The lowest BCUT2D eigenvalue weighted by Crippen LogP contribution is -2.52. The van der Waals surface area contributed by atoms with Gasteiger partial charge < -0.3 is 15.0 Å². The van der Waals surface area contributed by atoms with Gasteiger partial charge in [-0.25, -0.2) is 8.42 Å². The Hall–Kier alpha value is -3.85. The van der Waals surface area contributed by atoms with Crippen molar-refractivity contribution in [1.82, 2.24) is 10.2 Å². The molecule has 0 aliphatic heterocycles. The number of carbonyl (C=O) groups excluding carboxylic acids is 2. The molecule has 0 spiro atoms. The molecule has 2 amide bonds. The molecule has 0 radical (unpaired) electrons. The number of rotatable bonds is 11. The number of nitrogens with one attached hydrogen (secondary N) is 1. The normalized spacial score (nSPS) is 14.3. The summed E-state index contributed by atoms with van der Waals surface area (Å²) in [6, 6.07) is 20.2. The van der Waals surface area contributed by atoms with Crippen molar-refractivity contribution in [1.29, 1.82) is 0 Å². The molecule has 41 heavy (non-hydrogen) atoms. The second-order valence-electron chi connectivity index (χ2n) is 10.7. The lowest BCUT2D eigenvalue weighted by molar-refractivity contribution is -0.139. The number of anilines is 1. The maximum Gasteiger partial charge on any atom is 0.264 e. The van der Waals surface area contributed by atoms with Crippen molar-refractivity contribution in [3.8, 4) is 5.75 Å². The lowest BCUT2D eigenvalue weighted by Gasteiger charge is -2.33. The van der Waals surface area contributed by atoms with Gasteiger partial charge in [-0.2, -0.15) is 0 Å². The fraction of sp³-hybridized carbons (Fsp3) is 0.375. The molecule has 9 heteroatoms. The van der Waals surface area contributed by atoms with Gasteiger partial charge in [0.05, 0.1) is 17.7 Å². The summed E-state index contributed by atoms with van der Waals surface area (Å²) >= 11 is 0. The first-order valence-electron chi connectivity index (χ1n) is 14.0. The summed E-state index contributed by atoms with van der Waals surface area (Å²) in [7, 11) is -2.54. The third-order valence-corrected chi connectivity index (χ3v) is 9.40. The van der Waals surface area contributed by atoms with Crippen molar-refractivity contribution in [3.63, 3.8) is 0 Å². The van der Waals surface area contributed by atoms with E-state index < -0.39 is 28.5 Å². The molecule has 1 atom stereocenters. The number of amides is 2. The highest BCUT2D eigenvalue weighted by Crippen LogP contribution is 2.28. The summed E-state index contributed by atoms with van der Waals surface area (Å²) < 4.78 is 34.5. The van der Waals surface area contributed by atoms with Crippen LogP contribution in [-0.4, -0.2) is 50.9 Å². The molecule has 3 aromatic carbocycles. The van der Waals surface area contributed by atoms with Gasteiger partial charge in [-0.1, -0.05) is 60.9 Å². The van der Waals surface area contributed by atoms with E-state index in [9.17, 15) is 18.0 Å². The molecule has 1 aliphatic carbocycles. The van der Waals surface area contributed by atoms with Gasteiger partial charge in [0.2, 0.25) is 11.8 Å². The zero-order valence-electron chi connectivity index (χ0n) is 24.2. The van der Waals surface area contributed by atoms with Crippen molar-refractivity contribution >= 4 is 27.5 Å². The molecule has 218 valence electrons. The first kappa shape index (κ1) is 30.1. The Labute approximate surface area is 243 Å². The van der Waals surface area contributed by atoms with E-state index in [1.807, 2.05) is 44.2 Å². The first-order chi connectivity index (χ1) is 19.6. The Morgan fingerprint density at radius 1 is 0.976 bits per heavy atom. The highest BCUT2D eigenvalue weighted by atomic mass is 32.2. The van der Waals surface area contributed by atoms with Crippen molar-refractivity contribution in [3.05, 3.63) is 89.5 Å². The molecule has 1 saturated carbocycles. The minimum absolute atomic E-state index is 0.0871. The van der Waals surface area contributed by atoms with Crippen LogP contribution in [0.4, 0.5) is 5.69 Å². The third kappa shape index (κ3) is 7.27. The molecule has 0 aromatic heterocycles. The van der Waals surface area contributed by atoms with Crippen molar-refractivity contribution < 1.29 is 22.7 Å². The Kier molecular flexibility index (Phi) is 9.70. The average molecular weight is 578 g/mol. The number of ether oxygens (including phenoxy) is 1. The Morgan fingerprint density at radius 2 is 1.66 bits per heavy atom. The van der Waals surface area contributed by atoms with Crippen LogP contribution in [-0.2, 0) is 26.2 Å². The molecule has 0 bridgehead atoms. The van der Waals surface area contributed by atoms with Crippen molar-refractivity contribution in [2.24, 2.45) is 0 Å². The number of benzene rings is 3. The topological polar surface area (TPSA) is 96.0 Å². The number of hydrogen-bond donors (Lipinski definition) is 1. The van der Waals surface area contributed by atoms with Crippen LogP contribution in [0.2, 0.25) is 0 Å². The van der Waals surface area contributed by atoms with E-state index in [1.165, 1.54) is 4.90 Å². The fourth-order valence-corrected chi connectivity index (χ4v) is 6.61. The maximum atomic E-state index is 14.1. The largest absolute Gasteiger partial charge is 0.497 e. The Morgan fingerprint density at radius 3 is 2.32 bits per heavy atom. The van der Waals surface area contributed by atoms with E-state index in [0.29, 0.717) is 17.0 Å². The molecule has 1 aliphatic rings. The van der Waals surface area contributed by atoms with Gasteiger partial charge in [-0.15, -0.1) is 0 Å². The van der Waals surface area contributed by atoms with Gasteiger partial charge in [0, 0.05) is 12.6 Å². The van der Waals surface area contributed by atoms with Gasteiger partial charge in [-0.05, 0) is 75.1 Å². The number of methoxy groups -OCH3 is 1. The number of para-hydroxylation sites is 1. The molecule has 0 saturated heterocycles. The van der Waals surface area contributed by atoms with Crippen LogP contribution in [0.3, 0.4) is 0 Å². The smallest absolute Gasteiger partial charge is 0.264 e. The summed E-state index contributed by atoms with van der Waals surface area (Å²) in [6.07, 6.45) is 3.96. The van der Waals surface area contributed by atoms with Crippen LogP contribution in [0.25, 0.3) is 0 Å². The van der Waals surface area contributed by atoms with Crippen molar-refractivity contribution in [2.45, 2.75) is 70.0 Å². The molecule has 0 unspecified atom stereocenters. The molecule has 8 nitrogen and oxygen atoms in total. The first-order valence-corrected chi connectivity index (χ1v) is 15.4. The van der Waals surface area contributed by atoms with Crippen LogP contribution in [0, 0.1) is 13.8 Å². The average Bonchev–Trinajstić information content (AvgIpc) is 3.48. The fourth-order valence-electron chi connectivity index (χ4n) is 5.14. The zero-order valence-corrected chi connectivity index (χ0v) is 25.0. The van der Waals surface area contributed by atoms with Crippen LogP contribution in [0.1, 0.15) is 49.3 Å². The van der Waals surface area contributed by atoms with E-state index in [1.54, 1.807) is 56.5 Å². The van der Waals surface area contributed by atoms with E-state index >= 15 is 0 Å². The Bertz CT molecular complexity index is 1470. The number of hydrogen-bond acceptors (Lipinski definition) is 5. The number of carbonyl (C=O) groups is 2. The van der Waals surface area contributed by atoms with Crippen LogP contribution >= 0.6 is 0 Å². The standard InChI is InChI=1S/C32H39N3O5S/c1-23-16-18-29(19-17-23)41(38,39)35(30-15-8-5-10-24(30)2)22-31(36)34(21-26-11-9-14-28(20-26)40-4)25(3)32(37)33-27-12-6-7-13-27/h5,8-11,14-20,25,27H,6-7,12-13,21-22H2,1-4H3,(H,33,37)/t25-/m1/s1. The summed E-state index contributed by atoms with van der Waals surface area (Å²) in [6.45, 7) is 5.03. The van der Waals surface area contributed by atoms with E-state index in [4.69, 9.17) is 4.74 Å². The summed E-state index contributed by atoms with van der Waals surface area (Å²) in [4.78, 5) is 29.0. The van der Waals surface area contributed by atoms with Crippen molar-refractivity contribution in [2.75, 3.05) is 18.0 Å². The van der Waals surface area contributed by atoms with Crippen LogP contribution in [0.15, 0.2) is 77.7 Å². The molecular formula is C32H39N3O5S. The third-order valence-electron chi connectivity index (χ3n) is 7.63. The second-order valence-corrected chi connectivity index (χ2v) is 12.5. The molecule has 3 aromatic rings. The minimum Gasteiger partial charge on any atom is -0.497 e. The number of sulfonamides is 1. The molecular weight excluding hydrogens is 538 g/mol. The van der Waals surface area contributed by atoms with E-state index in [-0.39, 0.29) is 23.4 Å². The molecule has 1 fully saturated rings. The van der Waals surface area contributed by atoms with Crippen LogP contribution < -0.4 is 14.4 Å². The highest BCUT2D eigenvalue weighted by molar-refractivity contribution is 7.92. The van der Waals surface area contributed by atoms with Gasteiger partial charge in [0.25, 0.3) is 10.0 Å². The summed E-state index contributed by atoms with van der Waals surface area (Å²) in [5, 5.41) is 3.09. The SMILES string of the molecule is COc1cccc(CN(C(=O)CN(c2ccccc2C)S(=O)(=O)c2ccc(C)cc2)[C@H](C)C(=O)NC2CCCC2)c1. The minimum atomic E-state index is -4.10. The Balaban J connectivity index is 1.70. The molecule has 4 rings (SSSR count). The van der Waals surface area contributed by atoms with E-state index in [0.717, 1.165) is 41.1 Å². The summed E-state index contributed by atoms with van der Waals surface area (Å²) in [5.74, 6) is -0.112. The zero-order chi connectivity index (χ0) is 29.6. The van der Waals surface area contributed by atoms with Gasteiger partial charge >= 0.3 is 0 Å². The second kappa shape index (κ2) is 13.2. The van der Waals surface area contributed by atoms with Gasteiger partial charge in [0.1, 0.15) is 18.3 Å². The quantitative estimate of drug-likeness (QED) is 0.347. The van der Waals surface area contributed by atoms with Crippen LogP contribution in [0.5, 0.6) is 5.75 Å². The number of aryl methyl sites for hydroxylation is 2.